The fraction of sp³-hybridized carbons (Fsp3) is 0.350. The maximum atomic E-state index is 10.8. The van der Waals surface area contributed by atoms with Gasteiger partial charge in [0.1, 0.15) is 0 Å². The number of piperidine rings is 1. The summed E-state index contributed by atoms with van der Waals surface area (Å²) >= 11 is 0. The van der Waals surface area contributed by atoms with Crippen molar-refractivity contribution in [1.29, 1.82) is 0 Å². The van der Waals surface area contributed by atoms with Gasteiger partial charge in [0.25, 0.3) is 5.69 Å². The van der Waals surface area contributed by atoms with Crippen LogP contribution in [0.1, 0.15) is 24.0 Å². The summed E-state index contributed by atoms with van der Waals surface area (Å²) in [6.45, 7) is 2.61. The van der Waals surface area contributed by atoms with Crippen LogP contribution in [0.5, 0.6) is 0 Å². The van der Waals surface area contributed by atoms with Crippen LogP contribution >= 0.6 is 24.0 Å². The highest BCUT2D eigenvalue weighted by atomic mass is 127. The number of guanidine groups is 1. The Bertz CT molecular complexity index is 776. The molecule has 0 aromatic heterocycles. The number of nitrogens with one attached hydrogen (secondary N) is 1. The van der Waals surface area contributed by atoms with E-state index in [0.717, 1.165) is 43.0 Å². The minimum Gasteiger partial charge on any atom is -0.393 e. The molecule has 8 heteroatoms. The standard InChI is InChI=1S/C20H24N4O3.HI/c25-19-10-12-23(13-11-19)20(21-14-16-4-2-1-3-5-16)22-15-17-6-8-18(9-7-17)24(26)27;/h1-9,19,25H,10-15H2,(H,21,22);1H. The summed E-state index contributed by atoms with van der Waals surface area (Å²) in [5, 5.41) is 23.9. The van der Waals surface area contributed by atoms with Crippen LogP contribution in [0.3, 0.4) is 0 Å². The van der Waals surface area contributed by atoms with Crippen molar-refractivity contribution in [3.63, 3.8) is 0 Å². The quantitative estimate of drug-likeness (QED) is 0.218. The van der Waals surface area contributed by atoms with Crippen LogP contribution in [-0.2, 0) is 13.1 Å². The first kappa shape index (κ1) is 22.1. The van der Waals surface area contributed by atoms with E-state index < -0.39 is 4.92 Å². The van der Waals surface area contributed by atoms with E-state index in [-0.39, 0.29) is 35.8 Å². The van der Waals surface area contributed by atoms with E-state index in [1.54, 1.807) is 12.1 Å². The zero-order valence-electron chi connectivity index (χ0n) is 15.5. The predicted molar refractivity (Wildman–Crippen MR) is 120 cm³/mol. The molecule has 0 aliphatic carbocycles. The Kier molecular flexibility index (Phi) is 8.65. The number of nitrogens with zero attached hydrogens (tertiary/aromatic N) is 3. The van der Waals surface area contributed by atoms with Crippen LogP contribution in [0.15, 0.2) is 59.6 Å². The van der Waals surface area contributed by atoms with Crippen molar-refractivity contribution in [2.45, 2.75) is 32.0 Å². The number of likely N-dealkylation sites (tertiary alicyclic amines) is 1. The number of aliphatic hydroxyl groups excluding tert-OH is 1. The van der Waals surface area contributed by atoms with Crippen molar-refractivity contribution in [1.82, 2.24) is 10.2 Å². The molecule has 7 nitrogen and oxygen atoms in total. The molecule has 0 saturated carbocycles. The molecule has 0 spiro atoms. The molecule has 1 aliphatic heterocycles. The van der Waals surface area contributed by atoms with E-state index in [9.17, 15) is 15.2 Å². The van der Waals surface area contributed by atoms with Crippen LogP contribution in [0.2, 0.25) is 0 Å². The van der Waals surface area contributed by atoms with Gasteiger partial charge in [-0.3, -0.25) is 10.1 Å². The second-order valence-corrected chi connectivity index (χ2v) is 6.62. The smallest absolute Gasteiger partial charge is 0.269 e. The summed E-state index contributed by atoms with van der Waals surface area (Å²) in [6, 6.07) is 16.6. The second kappa shape index (κ2) is 11.0. The third-order valence-electron chi connectivity index (χ3n) is 4.62. The Morgan fingerprint density at radius 1 is 1.11 bits per heavy atom. The summed E-state index contributed by atoms with van der Waals surface area (Å²) in [7, 11) is 0. The number of hydrogen-bond acceptors (Lipinski definition) is 4. The van der Waals surface area contributed by atoms with Gasteiger partial charge in [0.2, 0.25) is 0 Å². The lowest BCUT2D eigenvalue weighted by Gasteiger charge is -2.32. The molecule has 150 valence electrons. The molecular weight excluding hydrogens is 471 g/mol. The monoisotopic (exact) mass is 496 g/mol. The van der Waals surface area contributed by atoms with Crippen LogP contribution in [-0.4, -0.2) is 40.1 Å². The third-order valence-corrected chi connectivity index (χ3v) is 4.62. The average Bonchev–Trinajstić information content (AvgIpc) is 2.70. The van der Waals surface area contributed by atoms with E-state index in [2.05, 4.69) is 10.2 Å². The zero-order valence-corrected chi connectivity index (χ0v) is 17.9. The molecule has 2 aromatic rings. The lowest BCUT2D eigenvalue weighted by atomic mass is 10.1. The first-order valence-corrected chi connectivity index (χ1v) is 9.10. The maximum absolute atomic E-state index is 10.8. The van der Waals surface area contributed by atoms with Gasteiger partial charge in [-0.05, 0) is 24.0 Å². The number of hydrogen-bond donors (Lipinski definition) is 2. The Morgan fingerprint density at radius 2 is 1.75 bits per heavy atom. The second-order valence-electron chi connectivity index (χ2n) is 6.62. The molecular formula is C20H25IN4O3. The van der Waals surface area contributed by atoms with Gasteiger partial charge in [-0.2, -0.15) is 0 Å². The molecule has 0 amide bonds. The number of halogens is 1. The Labute approximate surface area is 181 Å². The molecule has 3 rings (SSSR count). The van der Waals surface area contributed by atoms with Gasteiger partial charge in [-0.25, -0.2) is 4.99 Å². The molecule has 0 bridgehead atoms. The number of rotatable bonds is 5. The van der Waals surface area contributed by atoms with E-state index in [1.807, 2.05) is 30.3 Å². The van der Waals surface area contributed by atoms with E-state index in [4.69, 9.17) is 4.99 Å². The SMILES string of the molecule is I.O=[N+]([O-])c1ccc(CNC(=NCc2ccccc2)N2CCC(O)CC2)cc1. The Hall–Kier alpha value is -2.20. The van der Waals surface area contributed by atoms with E-state index in [0.29, 0.717) is 13.1 Å². The first-order chi connectivity index (χ1) is 13.1. The largest absolute Gasteiger partial charge is 0.393 e. The topological polar surface area (TPSA) is 91.0 Å². The van der Waals surface area contributed by atoms with Crippen LogP contribution in [0, 0.1) is 10.1 Å². The van der Waals surface area contributed by atoms with Crippen molar-refractivity contribution in [3.8, 4) is 0 Å². The maximum Gasteiger partial charge on any atom is 0.269 e. The average molecular weight is 496 g/mol. The van der Waals surface area contributed by atoms with Gasteiger partial charge >= 0.3 is 0 Å². The molecule has 1 fully saturated rings. The van der Waals surface area contributed by atoms with Gasteiger partial charge in [-0.1, -0.05) is 42.5 Å². The Morgan fingerprint density at radius 3 is 2.36 bits per heavy atom. The first-order valence-electron chi connectivity index (χ1n) is 9.10. The third kappa shape index (κ3) is 6.45. The molecule has 0 unspecified atom stereocenters. The van der Waals surface area contributed by atoms with Crippen molar-refractivity contribution in [2.24, 2.45) is 4.99 Å². The summed E-state index contributed by atoms with van der Waals surface area (Å²) in [4.78, 5) is 17.3. The fourth-order valence-corrected chi connectivity index (χ4v) is 3.01. The number of non-ortho nitro benzene ring substituents is 1. The fourth-order valence-electron chi connectivity index (χ4n) is 3.01. The number of aliphatic hydroxyl groups is 1. The van der Waals surface area contributed by atoms with Gasteiger partial charge in [0.05, 0.1) is 17.6 Å². The minimum atomic E-state index is -0.400. The van der Waals surface area contributed by atoms with Gasteiger partial charge in [0.15, 0.2) is 5.96 Å². The predicted octanol–water partition coefficient (Wildman–Crippen LogP) is 3.32. The molecule has 2 N–H and O–H groups in total. The highest BCUT2D eigenvalue weighted by Crippen LogP contribution is 2.13. The number of nitro benzene ring substituents is 1. The van der Waals surface area contributed by atoms with Crippen LogP contribution < -0.4 is 5.32 Å². The van der Waals surface area contributed by atoms with Crippen molar-refractivity contribution >= 4 is 35.6 Å². The molecule has 1 saturated heterocycles. The molecule has 0 atom stereocenters. The molecule has 2 aromatic carbocycles. The summed E-state index contributed by atoms with van der Waals surface area (Å²) in [5.41, 5.74) is 2.16. The van der Waals surface area contributed by atoms with Crippen molar-refractivity contribution in [3.05, 3.63) is 75.8 Å². The Balaban J connectivity index is 0.00000280. The lowest BCUT2D eigenvalue weighted by Crippen LogP contribution is -2.46. The highest BCUT2D eigenvalue weighted by Gasteiger charge is 2.20. The van der Waals surface area contributed by atoms with Gasteiger partial charge < -0.3 is 15.3 Å². The zero-order chi connectivity index (χ0) is 19.1. The normalized spacial score (nSPS) is 15.0. The van der Waals surface area contributed by atoms with Crippen LogP contribution in [0.4, 0.5) is 5.69 Å². The minimum absolute atomic E-state index is 0. The van der Waals surface area contributed by atoms with E-state index >= 15 is 0 Å². The number of nitro groups is 1. The highest BCUT2D eigenvalue weighted by molar-refractivity contribution is 14.0. The number of benzene rings is 2. The number of aliphatic imine (C=N–C) groups is 1. The molecule has 0 radical (unpaired) electrons. The molecule has 1 aliphatic rings. The lowest BCUT2D eigenvalue weighted by molar-refractivity contribution is -0.384. The van der Waals surface area contributed by atoms with Gasteiger partial charge in [-0.15, -0.1) is 24.0 Å². The van der Waals surface area contributed by atoms with Gasteiger partial charge in [0, 0.05) is 31.8 Å². The summed E-state index contributed by atoms with van der Waals surface area (Å²) < 4.78 is 0. The summed E-state index contributed by atoms with van der Waals surface area (Å²) in [6.07, 6.45) is 1.21. The van der Waals surface area contributed by atoms with Crippen molar-refractivity contribution < 1.29 is 10.0 Å². The van der Waals surface area contributed by atoms with E-state index in [1.165, 1.54) is 12.1 Å². The van der Waals surface area contributed by atoms with Crippen LogP contribution in [0.25, 0.3) is 0 Å². The molecule has 1 heterocycles. The summed E-state index contributed by atoms with van der Waals surface area (Å²) in [5.74, 6) is 0.795. The molecule has 28 heavy (non-hydrogen) atoms. The van der Waals surface area contributed by atoms with Crippen molar-refractivity contribution in [2.75, 3.05) is 13.1 Å².